The molecule has 0 unspecified atom stereocenters. The van der Waals surface area contributed by atoms with Crippen LogP contribution in [0.15, 0.2) is 19.9 Å². The minimum absolute atomic E-state index is 0.0595. The van der Waals surface area contributed by atoms with Crippen molar-refractivity contribution < 1.29 is 13.9 Å². The molecule has 0 aliphatic carbocycles. The van der Waals surface area contributed by atoms with Crippen molar-refractivity contribution in [2.75, 3.05) is 7.11 Å². The number of carbonyl (C=O) groups excluding carboxylic acids is 1. The Balaban J connectivity index is 3.48. The number of Topliss-reactive ketones (excluding diaryl/α,β-unsaturated/α-hetero) is 1. The molecule has 0 amide bonds. The molecule has 0 spiro atoms. The van der Waals surface area contributed by atoms with Crippen LogP contribution in [0.2, 0.25) is 0 Å². The average molecular weight is 247 g/mol. The third kappa shape index (κ3) is 1.80. The highest BCUT2D eigenvalue weighted by Crippen LogP contribution is 2.17. The van der Waals surface area contributed by atoms with E-state index in [1.807, 2.05) is 0 Å². The Morgan fingerprint density at radius 3 is 2.69 bits per heavy atom. The minimum atomic E-state index is -0.390. The molecule has 0 aliphatic rings. The summed E-state index contributed by atoms with van der Waals surface area (Å²) in [5, 5.41) is 0. The van der Waals surface area contributed by atoms with Gasteiger partial charge in [0.2, 0.25) is 16.9 Å². The van der Waals surface area contributed by atoms with Gasteiger partial charge in [-0.15, -0.1) is 0 Å². The van der Waals surface area contributed by atoms with Crippen molar-refractivity contribution in [1.29, 1.82) is 0 Å². The maximum atomic E-state index is 11.3. The highest BCUT2D eigenvalue weighted by Gasteiger charge is 2.16. The lowest BCUT2D eigenvalue weighted by Gasteiger charge is -2.02. The SMILES string of the molecule is COc1c(C(C)=O)occ(Br)c1=O. The Morgan fingerprint density at radius 2 is 2.23 bits per heavy atom. The van der Waals surface area contributed by atoms with Crippen molar-refractivity contribution in [3.63, 3.8) is 0 Å². The van der Waals surface area contributed by atoms with E-state index in [4.69, 9.17) is 9.15 Å². The number of rotatable bonds is 2. The molecule has 0 bridgehead atoms. The second-order valence-corrected chi connectivity index (χ2v) is 3.19. The third-order valence-corrected chi connectivity index (χ3v) is 1.98. The zero-order valence-electron chi connectivity index (χ0n) is 7.09. The van der Waals surface area contributed by atoms with Crippen LogP contribution in [0.5, 0.6) is 5.75 Å². The Bertz CT molecular complexity index is 394. The molecule has 4 nitrogen and oxygen atoms in total. The third-order valence-electron chi connectivity index (χ3n) is 1.43. The predicted molar refractivity (Wildman–Crippen MR) is 49.2 cm³/mol. The smallest absolute Gasteiger partial charge is 0.241 e. The zero-order valence-corrected chi connectivity index (χ0v) is 8.67. The second-order valence-electron chi connectivity index (χ2n) is 2.33. The lowest BCUT2D eigenvalue weighted by Crippen LogP contribution is -2.10. The molecule has 13 heavy (non-hydrogen) atoms. The number of carbonyl (C=O) groups is 1. The number of ether oxygens (including phenoxy) is 1. The minimum Gasteiger partial charge on any atom is -0.489 e. The van der Waals surface area contributed by atoms with Gasteiger partial charge in [0, 0.05) is 6.92 Å². The molecule has 0 aromatic carbocycles. The molecule has 0 radical (unpaired) electrons. The molecule has 0 N–H and O–H groups in total. The molecule has 0 saturated heterocycles. The van der Waals surface area contributed by atoms with E-state index in [1.54, 1.807) is 0 Å². The van der Waals surface area contributed by atoms with Crippen LogP contribution in [0, 0.1) is 0 Å². The molecule has 0 fully saturated rings. The molecule has 1 aromatic heterocycles. The van der Waals surface area contributed by atoms with E-state index in [1.165, 1.54) is 20.3 Å². The molecule has 0 saturated carbocycles. The van der Waals surface area contributed by atoms with Gasteiger partial charge in [-0.3, -0.25) is 9.59 Å². The van der Waals surface area contributed by atoms with Gasteiger partial charge in [-0.05, 0) is 15.9 Å². The number of ketones is 1. The zero-order chi connectivity index (χ0) is 10.0. The fraction of sp³-hybridized carbons (Fsp3) is 0.250. The highest BCUT2D eigenvalue weighted by molar-refractivity contribution is 9.10. The summed E-state index contributed by atoms with van der Waals surface area (Å²) in [7, 11) is 1.31. The summed E-state index contributed by atoms with van der Waals surface area (Å²) in [5.74, 6) is -0.473. The van der Waals surface area contributed by atoms with E-state index in [-0.39, 0.29) is 27.2 Å². The van der Waals surface area contributed by atoms with Crippen LogP contribution in [0.4, 0.5) is 0 Å². The molecule has 1 rings (SSSR count). The molecule has 0 aliphatic heterocycles. The van der Waals surface area contributed by atoms with Gasteiger partial charge in [0.05, 0.1) is 7.11 Å². The number of halogens is 1. The van der Waals surface area contributed by atoms with E-state index in [9.17, 15) is 9.59 Å². The molecule has 70 valence electrons. The topological polar surface area (TPSA) is 56.5 Å². The summed E-state index contributed by atoms with van der Waals surface area (Å²) in [5.41, 5.74) is -0.390. The van der Waals surface area contributed by atoms with Crippen LogP contribution >= 0.6 is 15.9 Å². The standard InChI is InChI=1S/C8H7BrO4/c1-4(10)7-8(12-2)6(11)5(9)3-13-7/h3H,1-2H3. The predicted octanol–water partition coefficient (Wildman–Crippen LogP) is 1.61. The lowest BCUT2D eigenvalue weighted by molar-refractivity contribution is 0.0979. The van der Waals surface area contributed by atoms with Crippen molar-refractivity contribution in [3.8, 4) is 5.75 Å². The van der Waals surface area contributed by atoms with Crippen molar-refractivity contribution in [1.82, 2.24) is 0 Å². The first-order chi connectivity index (χ1) is 6.07. The summed E-state index contributed by atoms with van der Waals surface area (Å²) >= 11 is 2.97. The maximum Gasteiger partial charge on any atom is 0.241 e. The van der Waals surface area contributed by atoms with E-state index in [2.05, 4.69) is 15.9 Å². The van der Waals surface area contributed by atoms with Crippen molar-refractivity contribution in [3.05, 3.63) is 26.7 Å². The number of hydrogen-bond donors (Lipinski definition) is 0. The van der Waals surface area contributed by atoms with Gasteiger partial charge in [-0.25, -0.2) is 0 Å². The maximum absolute atomic E-state index is 11.3. The van der Waals surface area contributed by atoms with Gasteiger partial charge in [-0.2, -0.15) is 0 Å². The largest absolute Gasteiger partial charge is 0.489 e. The van der Waals surface area contributed by atoms with Crippen LogP contribution in [0.1, 0.15) is 17.5 Å². The normalized spacial score (nSPS) is 9.77. The van der Waals surface area contributed by atoms with Crippen molar-refractivity contribution in [2.45, 2.75) is 6.92 Å². The molecular weight excluding hydrogens is 240 g/mol. The highest BCUT2D eigenvalue weighted by atomic mass is 79.9. The Kier molecular flexibility index (Phi) is 2.87. The average Bonchev–Trinajstić information content (AvgIpc) is 2.09. The first kappa shape index (κ1) is 9.98. The van der Waals surface area contributed by atoms with E-state index >= 15 is 0 Å². The van der Waals surface area contributed by atoms with Crippen LogP contribution in [-0.4, -0.2) is 12.9 Å². The Labute approximate surface area is 82.6 Å². The van der Waals surface area contributed by atoms with Gasteiger partial charge in [0.25, 0.3) is 0 Å². The summed E-state index contributed by atoms with van der Waals surface area (Å²) < 4.78 is 9.89. The number of hydrogen-bond acceptors (Lipinski definition) is 4. The van der Waals surface area contributed by atoms with Crippen LogP contribution in [0.3, 0.4) is 0 Å². The summed E-state index contributed by atoms with van der Waals surface area (Å²) in [6.45, 7) is 1.30. The van der Waals surface area contributed by atoms with E-state index in [0.29, 0.717) is 0 Å². The second kappa shape index (κ2) is 3.74. The van der Waals surface area contributed by atoms with Gasteiger partial charge >= 0.3 is 0 Å². The molecule has 5 heteroatoms. The van der Waals surface area contributed by atoms with Gasteiger partial charge in [0.15, 0.2) is 5.78 Å². The Morgan fingerprint density at radius 1 is 1.62 bits per heavy atom. The monoisotopic (exact) mass is 246 g/mol. The molecule has 1 heterocycles. The molecule has 0 atom stereocenters. The van der Waals surface area contributed by atoms with E-state index in [0.717, 1.165) is 0 Å². The first-order valence-electron chi connectivity index (χ1n) is 3.44. The fourth-order valence-electron chi connectivity index (χ4n) is 0.858. The fourth-order valence-corrected chi connectivity index (χ4v) is 1.13. The Hall–Kier alpha value is -1.10. The van der Waals surface area contributed by atoms with E-state index < -0.39 is 0 Å². The molecular formula is C8H7BrO4. The van der Waals surface area contributed by atoms with Gasteiger partial charge in [0.1, 0.15) is 10.7 Å². The van der Waals surface area contributed by atoms with Gasteiger partial charge < -0.3 is 9.15 Å². The lowest BCUT2D eigenvalue weighted by atomic mass is 10.3. The van der Waals surface area contributed by atoms with Crippen molar-refractivity contribution >= 4 is 21.7 Å². The first-order valence-corrected chi connectivity index (χ1v) is 4.23. The summed E-state index contributed by atoms with van der Waals surface area (Å²) in [6, 6.07) is 0. The summed E-state index contributed by atoms with van der Waals surface area (Å²) in [4.78, 5) is 22.3. The number of methoxy groups -OCH3 is 1. The van der Waals surface area contributed by atoms with Gasteiger partial charge in [-0.1, -0.05) is 0 Å². The van der Waals surface area contributed by atoms with Crippen LogP contribution in [-0.2, 0) is 0 Å². The summed E-state index contributed by atoms with van der Waals surface area (Å²) in [6.07, 6.45) is 1.17. The van der Waals surface area contributed by atoms with Crippen LogP contribution < -0.4 is 10.2 Å². The van der Waals surface area contributed by atoms with Crippen molar-refractivity contribution in [2.24, 2.45) is 0 Å². The molecule has 1 aromatic rings. The quantitative estimate of drug-likeness (QED) is 0.745. The van der Waals surface area contributed by atoms with Crippen LogP contribution in [0.25, 0.3) is 0 Å².